The fourth-order valence-electron chi connectivity index (χ4n) is 1.54. The average Bonchev–Trinajstić information content (AvgIpc) is 2.33. The summed E-state index contributed by atoms with van der Waals surface area (Å²) in [5, 5.41) is 4.28. The Hall–Kier alpha value is -1.31. The van der Waals surface area contributed by atoms with Gasteiger partial charge in [0.25, 0.3) is 0 Å². The second kappa shape index (κ2) is 2.34. The predicted molar refractivity (Wildman–Crippen MR) is 49.4 cm³/mol. The number of aromatic nitrogens is 2. The highest BCUT2D eigenvalue weighted by Gasteiger charge is 2.01. The number of aryl methyl sites for hydroxylation is 3. The third kappa shape index (κ3) is 0.916. The maximum atomic E-state index is 4.28. The van der Waals surface area contributed by atoms with E-state index in [1.165, 1.54) is 22.3 Å². The van der Waals surface area contributed by atoms with Gasteiger partial charge in [-0.05, 0) is 44.0 Å². The van der Waals surface area contributed by atoms with Crippen molar-refractivity contribution in [3.63, 3.8) is 0 Å². The molecule has 0 fully saturated rings. The van der Waals surface area contributed by atoms with Gasteiger partial charge in [0.15, 0.2) is 0 Å². The Morgan fingerprint density at radius 1 is 1.17 bits per heavy atom. The molecule has 0 aliphatic rings. The maximum Gasteiger partial charge on any atom is 0.0696 e. The van der Waals surface area contributed by atoms with Crippen molar-refractivity contribution in [3.8, 4) is 0 Å². The van der Waals surface area contributed by atoms with Crippen LogP contribution in [0, 0.1) is 20.8 Å². The molecular formula is C10H12N2. The second-order valence-electron chi connectivity index (χ2n) is 3.30. The lowest BCUT2D eigenvalue weighted by molar-refractivity contribution is 0.911. The van der Waals surface area contributed by atoms with Crippen molar-refractivity contribution in [2.24, 2.45) is 0 Å². The lowest BCUT2D eigenvalue weighted by atomic mass is 10.2. The van der Waals surface area contributed by atoms with Crippen molar-refractivity contribution >= 4 is 5.52 Å². The van der Waals surface area contributed by atoms with Crippen LogP contribution in [0.2, 0.25) is 0 Å². The number of nitrogens with zero attached hydrogens (tertiary/aromatic N) is 2. The van der Waals surface area contributed by atoms with Crippen molar-refractivity contribution < 1.29 is 0 Å². The molecule has 0 radical (unpaired) electrons. The van der Waals surface area contributed by atoms with Gasteiger partial charge in [-0.1, -0.05) is 0 Å². The first-order chi connectivity index (χ1) is 5.68. The van der Waals surface area contributed by atoms with E-state index in [1.54, 1.807) is 0 Å². The van der Waals surface area contributed by atoms with Crippen molar-refractivity contribution in [2.45, 2.75) is 20.8 Å². The summed E-state index contributed by atoms with van der Waals surface area (Å²) in [7, 11) is 0. The standard InChI is InChI=1S/C10H12N2/c1-7-4-9(3)12-10(5-7)8(2)6-11-12/h4-6H,1-3H3. The van der Waals surface area contributed by atoms with Crippen LogP contribution in [0.15, 0.2) is 18.3 Å². The first-order valence-electron chi connectivity index (χ1n) is 4.10. The molecule has 2 aromatic heterocycles. The van der Waals surface area contributed by atoms with Crippen molar-refractivity contribution in [3.05, 3.63) is 35.2 Å². The van der Waals surface area contributed by atoms with Crippen LogP contribution in [-0.2, 0) is 0 Å². The molecule has 0 N–H and O–H groups in total. The van der Waals surface area contributed by atoms with Gasteiger partial charge in [-0.15, -0.1) is 0 Å². The molecule has 0 saturated carbocycles. The van der Waals surface area contributed by atoms with E-state index in [0.717, 1.165) is 0 Å². The molecule has 0 spiro atoms. The smallest absolute Gasteiger partial charge is 0.0696 e. The van der Waals surface area contributed by atoms with Crippen LogP contribution in [0.3, 0.4) is 0 Å². The molecule has 0 atom stereocenters. The summed E-state index contributed by atoms with van der Waals surface area (Å²) in [5.74, 6) is 0. The van der Waals surface area contributed by atoms with E-state index in [2.05, 4.69) is 38.0 Å². The lowest BCUT2D eigenvalue weighted by Crippen LogP contribution is -1.93. The Balaban J connectivity index is 2.92. The molecule has 62 valence electrons. The molecule has 2 heteroatoms. The zero-order valence-corrected chi connectivity index (χ0v) is 7.63. The highest BCUT2D eigenvalue weighted by Crippen LogP contribution is 2.13. The normalized spacial score (nSPS) is 10.9. The number of pyridine rings is 1. The summed E-state index contributed by atoms with van der Waals surface area (Å²) in [6, 6.07) is 4.30. The molecule has 2 rings (SSSR count). The molecule has 0 bridgehead atoms. The van der Waals surface area contributed by atoms with Gasteiger partial charge in [-0.25, -0.2) is 4.52 Å². The second-order valence-corrected chi connectivity index (χ2v) is 3.30. The first-order valence-corrected chi connectivity index (χ1v) is 4.10. The van der Waals surface area contributed by atoms with Crippen molar-refractivity contribution in [1.82, 2.24) is 9.61 Å². The van der Waals surface area contributed by atoms with Gasteiger partial charge < -0.3 is 0 Å². The summed E-state index contributed by atoms with van der Waals surface area (Å²) in [6.07, 6.45) is 1.90. The summed E-state index contributed by atoms with van der Waals surface area (Å²) < 4.78 is 1.97. The number of rotatable bonds is 0. The molecule has 2 aromatic rings. The Labute approximate surface area is 71.8 Å². The van der Waals surface area contributed by atoms with Crippen molar-refractivity contribution in [1.29, 1.82) is 0 Å². The van der Waals surface area contributed by atoms with Gasteiger partial charge in [0, 0.05) is 5.69 Å². The van der Waals surface area contributed by atoms with Gasteiger partial charge in [-0.3, -0.25) is 0 Å². The van der Waals surface area contributed by atoms with Gasteiger partial charge in [-0.2, -0.15) is 5.10 Å². The molecule has 0 aromatic carbocycles. The molecule has 0 unspecified atom stereocenters. The molecule has 0 amide bonds. The largest absolute Gasteiger partial charge is 0.238 e. The van der Waals surface area contributed by atoms with Crippen LogP contribution in [0.1, 0.15) is 16.8 Å². The van der Waals surface area contributed by atoms with E-state index in [1.807, 2.05) is 10.7 Å². The van der Waals surface area contributed by atoms with E-state index in [4.69, 9.17) is 0 Å². The van der Waals surface area contributed by atoms with Crippen LogP contribution in [0.5, 0.6) is 0 Å². The van der Waals surface area contributed by atoms with E-state index < -0.39 is 0 Å². The topological polar surface area (TPSA) is 17.3 Å². The molecule has 2 nitrogen and oxygen atoms in total. The highest BCUT2D eigenvalue weighted by molar-refractivity contribution is 5.55. The van der Waals surface area contributed by atoms with Gasteiger partial charge >= 0.3 is 0 Å². The quantitative estimate of drug-likeness (QED) is 0.577. The minimum atomic E-state index is 1.19. The summed E-state index contributed by atoms with van der Waals surface area (Å²) >= 11 is 0. The van der Waals surface area contributed by atoms with Gasteiger partial charge in [0.2, 0.25) is 0 Å². The maximum absolute atomic E-state index is 4.28. The molecule has 0 aliphatic carbocycles. The van der Waals surface area contributed by atoms with Gasteiger partial charge in [0.1, 0.15) is 0 Å². The average molecular weight is 160 g/mol. The third-order valence-corrected chi connectivity index (χ3v) is 2.13. The monoisotopic (exact) mass is 160 g/mol. The molecule has 0 saturated heterocycles. The van der Waals surface area contributed by atoms with Crippen LogP contribution in [-0.4, -0.2) is 9.61 Å². The minimum Gasteiger partial charge on any atom is -0.238 e. The zero-order chi connectivity index (χ0) is 8.72. The van der Waals surface area contributed by atoms with Crippen LogP contribution >= 0.6 is 0 Å². The number of hydrogen-bond acceptors (Lipinski definition) is 1. The van der Waals surface area contributed by atoms with E-state index in [0.29, 0.717) is 0 Å². The number of fused-ring (bicyclic) bond motifs is 1. The molecule has 2 heterocycles. The fraction of sp³-hybridized carbons (Fsp3) is 0.300. The molecule has 0 aliphatic heterocycles. The Morgan fingerprint density at radius 3 is 2.67 bits per heavy atom. The van der Waals surface area contributed by atoms with Crippen molar-refractivity contribution in [2.75, 3.05) is 0 Å². The highest BCUT2D eigenvalue weighted by atomic mass is 15.2. The number of hydrogen-bond donors (Lipinski definition) is 0. The lowest BCUT2D eigenvalue weighted by Gasteiger charge is -2.00. The summed E-state index contributed by atoms with van der Waals surface area (Å²) in [4.78, 5) is 0. The zero-order valence-electron chi connectivity index (χ0n) is 7.63. The fourth-order valence-corrected chi connectivity index (χ4v) is 1.54. The summed E-state index contributed by atoms with van der Waals surface area (Å²) in [5.41, 5.74) is 4.94. The van der Waals surface area contributed by atoms with E-state index in [-0.39, 0.29) is 0 Å². The minimum absolute atomic E-state index is 1.19. The third-order valence-electron chi connectivity index (χ3n) is 2.13. The first kappa shape index (κ1) is 7.35. The van der Waals surface area contributed by atoms with Gasteiger partial charge in [0.05, 0.1) is 11.7 Å². The Morgan fingerprint density at radius 2 is 1.92 bits per heavy atom. The predicted octanol–water partition coefficient (Wildman–Crippen LogP) is 2.26. The SMILES string of the molecule is Cc1cc(C)n2ncc(C)c2c1. The van der Waals surface area contributed by atoms with E-state index in [9.17, 15) is 0 Å². The van der Waals surface area contributed by atoms with Crippen LogP contribution in [0.25, 0.3) is 5.52 Å². The summed E-state index contributed by atoms with van der Waals surface area (Å²) in [6.45, 7) is 6.27. The van der Waals surface area contributed by atoms with E-state index >= 15 is 0 Å². The Bertz CT molecular complexity index is 427. The van der Waals surface area contributed by atoms with Crippen LogP contribution in [0.4, 0.5) is 0 Å². The molecular weight excluding hydrogens is 148 g/mol. The van der Waals surface area contributed by atoms with Crippen LogP contribution < -0.4 is 0 Å². The molecule has 12 heavy (non-hydrogen) atoms. The Kier molecular flexibility index (Phi) is 1.43.